The molecule has 1 saturated heterocycles. The van der Waals surface area contributed by atoms with E-state index in [2.05, 4.69) is 20.2 Å². The summed E-state index contributed by atoms with van der Waals surface area (Å²) in [6.45, 7) is 1.55. The topological polar surface area (TPSA) is 126 Å². The molecule has 1 aromatic carbocycles. The van der Waals surface area contributed by atoms with Crippen molar-refractivity contribution in [2.75, 3.05) is 31.1 Å². The van der Waals surface area contributed by atoms with Gasteiger partial charge in [0.2, 0.25) is 5.95 Å². The Labute approximate surface area is 198 Å². The van der Waals surface area contributed by atoms with Crippen molar-refractivity contribution in [2.45, 2.75) is 12.5 Å². The first kappa shape index (κ1) is 22.4. The Kier molecular flexibility index (Phi) is 5.81. The fourth-order valence-electron chi connectivity index (χ4n) is 4.06. The number of aromatic nitrogens is 4. The van der Waals surface area contributed by atoms with E-state index in [1.54, 1.807) is 23.2 Å². The summed E-state index contributed by atoms with van der Waals surface area (Å²) in [7, 11) is 0. The van der Waals surface area contributed by atoms with E-state index in [-0.39, 0.29) is 35.2 Å². The molecular formula is C22H21F2N9O2. The van der Waals surface area contributed by atoms with Gasteiger partial charge >= 0.3 is 6.03 Å². The predicted octanol–water partition coefficient (Wildman–Crippen LogP) is 1.71. The van der Waals surface area contributed by atoms with Gasteiger partial charge in [0, 0.05) is 45.0 Å². The van der Waals surface area contributed by atoms with Crippen molar-refractivity contribution < 1.29 is 18.4 Å². The highest BCUT2D eigenvalue weighted by Gasteiger charge is 2.33. The summed E-state index contributed by atoms with van der Waals surface area (Å²) in [5.41, 5.74) is 6.04. The highest BCUT2D eigenvalue weighted by atomic mass is 19.1. The second-order valence-corrected chi connectivity index (χ2v) is 8.09. The van der Waals surface area contributed by atoms with E-state index in [1.807, 2.05) is 4.90 Å². The third-order valence-corrected chi connectivity index (χ3v) is 5.89. The van der Waals surface area contributed by atoms with Gasteiger partial charge in [-0.05, 0) is 17.7 Å². The third-order valence-electron chi connectivity index (χ3n) is 5.89. The first-order valence-electron chi connectivity index (χ1n) is 10.9. The molecule has 4 heterocycles. The lowest BCUT2D eigenvalue weighted by Gasteiger charge is -2.37. The van der Waals surface area contributed by atoms with Gasteiger partial charge in [0.05, 0.1) is 24.0 Å². The summed E-state index contributed by atoms with van der Waals surface area (Å²) < 4.78 is 29.2. The number of piperazine rings is 1. The van der Waals surface area contributed by atoms with Gasteiger partial charge in [-0.15, -0.1) is 0 Å². The Morgan fingerprint density at radius 3 is 2.60 bits per heavy atom. The zero-order valence-electron chi connectivity index (χ0n) is 18.5. The molecule has 5 rings (SSSR count). The summed E-state index contributed by atoms with van der Waals surface area (Å²) in [5, 5.41) is 9.54. The lowest BCUT2D eigenvalue weighted by atomic mass is 10.0. The van der Waals surface area contributed by atoms with Crippen LogP contribution in [-0.2, 0) is 0 Å². The number of hydrazone groups is 1. The summed E-state index contributed by atoms with van der Waals surface area (Å²) in [6.07, 6.45) is 5.71. The number of anilines is 1. The fraction of sp³-hybridized carbons (Fsp3) is 0.273. The van der Waals surface area contributed by atoms with Gasteiger partial charge in [-0.2, -0.15) is 15.2 Å². The van der Waals surface area contributed by atoms with Crippen LogP contribution in [0.2, 0.25) is 0 Å². The van der Waals surface area contributed by atoms with E-state index in [4.69, 9.17) is 5.73 Å². The van der Waals surface area contributed by atoms with Crippen LogP contribution in [0, 0.1) is 11.6 Å². The molecule has 11 nitrogen and oxygen atoms in total. The second kappa shape index (κ2) is 9.08. The van der Waals surface area contributed by atoms with Crippen LogP contribution in [0.1, 0.15) is 28.4 Å². The molecule has 0 spiro atoms. The van der Waals surface area contributed by atoms with Gasteiger partial charge in [0.1, 0.15) is 5.82 Å². The maximum atomic E-state index is 14.4. The van der Waals surface area contributed by atoms with Gasteiger partial charge in [0.25, 0.3) is 5.91 Å². The Morgan fingerprint density at radius 2 is 1.89 bits per heavy atom. The van der Waals surface area contributed by atoms with E-state index < -0.39 is 11.7 Å². The molecule has 1 atom stereocenters. The number of benzene rings is 1. The van der Waals surface area contributed by atoms with Crippen molar-refractivity contribution in [3.63, 3.8) is 0 Å². The molecule has 3 aromatic rings. The number of halogens is 2. The molecular weight excluding hydrogens is 460 g/mol. The van der Waals surface area contributed by atoms with Crippen LogP contribution in [0.3, 0.4) is 0 Å². The minimum absolute atomic E-state index is 0.120. The molecule has 0 radical (unpaired) electrons. The summed E-state index contributed by atoms with van der Waals surface area (Å²) in [4.78, 5) is 36.3. The molecule has 0 aliphatic carbocycles. The van der Waals surface area contributed by atoms with Crippen molar-refractivity contribution in [3.8, 4) is 5.82 Å². The monoisotopic (exact) mass is 481 g/mol. The van der Waals surface area contributed by atoms with E-state index >= 15 is 0 Å². The highest BCUT2D eigenvalue weighted by Crippen LogP contribution is 2.30. The standard InChI is InChI=1S/C22H21F2N9O2/c23-16-3-1-2-14(10-16)18-4-5-27-33(18)22(35)31-8-6-30(7-9-31)21-26-12-17(24)20(29-21)32-13-15(11-28-32)19(25)34/h1-3,5,10-13,18H,4,6-9H2,(H2,25,34)/t18-/m0/s1. The normalized spacial score (nSPS) is 17.8. The number of carbonyl (C=O) groups is 2. The van der Waals surface area contributed by atoms with Gasteiger partial charge in [0.15, 0.2) is 11.6 Å². The molecule has 35 heavy (non-hydrogen) atoms. The number of hydrogen-bond donors (Lipinski definition) is 1. The van der Waals surface area contributed by atoms with Gasteiger partial charge < -0.3 is 15.5 Å². The van der Waals surface area contributed by atoms with E-state index in [0.717, 1.165) is 10.9 Å². The lowest BCUT2D eigenvalue weighted by Crippen LogP contribution is -2.52. The van der Waals surface area contributed by atoms with Crippen LogP contribution in [0.4, 0.5) is 19.5 Å². The van der Waals surface area contributed by atoms with Crippen LogP contribution in [0.5, 0.6) is 0 Å². The average Bonchev–Trinajstić information content (AvgIpc) is 3.55. The summed E-state index contributed by atoms with van der Waals surface area (Å²) in [6, 6.07) is 5.52. The molecule has 3 amide bonds. The summed E-state index contributed by atoms with van der Waals surface area (Å²) in [5.74, 6) is -1.62. The molecule has 1 fully saturated rings. The van der Waals surface area contributed by atoms with Crippen LogP contribution in [0.25, 0.3) is 5.82 Å². The van der Waals surface area contributed by atoms with E-state index in [9.17, 15) is 18.4 Å². The highest BCUT2D eigenvalue weighted by molar-refractivity contribution is 5.92. The van der Waals surface area contributed by atoms with Gasteiger partial charge in [-0.25, -0.2) is 28.3 Å². The Hall–Kier alpha value is -4.42. The first-order chi connectivity index (χ1) is 16.9. The van der Waals surface area contributed by atoms with Crippen molar-refractivity contribution in [1.82, 2.24) is 29.7 Å². The molecule has 0 bridgehead atoms. The number of nitrogens with zero attached hydrogens (tertiary/aromatic N) is 8. The predicted molar refractivity (Wildman–Crippen MR) is 121 cm³/mol. The second-order valence-electron chi connectivity index (χ2n) is 8.09. The maximum Gasteiger partial charge on any atom is 0.341 e. The number of primary amides is 1. The Morgan fingerprint density at radius 1 is 1.09 bits per heavy atom. The molecule has 180 valence electrons. The number of carbonyl (C=O) groups excluding carboxylic acids is 2. The molecule has 2 aliphatic rings. The zero-order valence-corrected chi connectivity index (χ0v) is 18.5. The molecule has 2 aromatic heterocycles. The zero-order chi connectivity index (χ0) is 24.5. The fourth-order valence-corrected chi connectivity index (χ4v) is 4.06. The number of urea groups is 1. The van der Waals surface area contributed by atoms with Gasteiger partial charge in [-0.3, -0.25) is 4.79 Å². The largest absolute Gasteiger partial charge is 0.366 e. The molecule has 2 aliphatic heterocycles. The van der Waals surface area contributed by atoms with Crippen LogP contribution < -0.4 is 10.6 Å². The number of hydrogen-bond acceptors (Lipinski definition) is 7. The quantitative estimate of drug-likeness (QED) is 0.605. The Balaban J connectivity index is 1.27. The van der Waals surface area contributed by atoms with E-state index in [0.29, 0.717) is 38.2 Å². The lowest BCUT2D eigenvalue weighted by molar-refractivity contribution is 0.1000. The third kappa shape index (κ3) is 4.39. The maximum absolute atomic E-state index is 14.4. The van der Waals surface area contributed by atoms with Crippen molar-refractivity contribution in [3.05, 3.63) is 65.6 Å². The van der Waals surface area contributed by atoms with Crippen LogP contribution >= 0.6 is 0 Å². The minimum Gasteiger partial charge on any atom is -0.366 e. The number of rotatable bonds is 4. The van der Waals surface area contributed by atoms with E-state index in [1.165, 1.54) is 29.5 Å². The minimum atomic E-state index is -0.711. The average molecular weight is 481 g/mol. The van der Waals surface area contributed by atoms with Crippen molar-refractivity contribution in [1.29, 1.82) is 0 Å². The Bertz CT molecular complexity index is 1300. The number of amides is 3. The van der Waals surface area contributed by atoms with Gasteiger partial charge in [-0.1, -0.05) is 12.1 Å². The smallest absolute Gasteiger partial charge is 0.341 e. The van der Waals surface area contributed by atoms with Crippen molar-refractivity contribution >= 4 is 24.1 Å². The van der Waals surface area contributed by atoms with Crippen molar-refractivity contribution in [2.24, 2.45) is 10.8 Å². The molecule has 0 unspecified atom stereocenters. The van der Waals surface area contributed by atoms with Crippen LogP contribution in [0.15, 0.2) is 48.0 Å². The molecule has 0 saturated carbocycles. The SMILES string of the molecule is NC(=O)c1cnn(-c2nc(N3CCN(C(=O)N4N=CC[C@H]4c4cccc(F)c4)CC3)ncc2F)c1. The summed E-state index contributed by atoms with van der Waals surface area (Å²) >= 11 is 0. The molecule has 13 heteroatoms. The molecule has 2 N–H and O–H groups in total. The van der Waals surface area contributed by atoms with Crippen LogP contribution in [-0.4, -0.2) is 74.0 Å². The first-order valence-corrected chi connectivity index (χ1v) is 10.9. The number of nitrogens with two attached hydrogens (primary N) is 1.